The summed E-state index contributed by atoms with van der Waals surface area (Å²) in [6, 6.07) is 13.2. The number of aliphatic carboxylic acids is 2. The molecule has 0 saturated heterocycles. The third-order valence-corrected chi connectivity index (χ3v) is 4.54. The number of nitrogens with zero attached hydrogens (tertiary/aromatic N) is 2. The molecule has 0 saturated carbocycles. The fourth-order valence-electron chi connectivity index (χ4n) is 2.65. The maximum atomic E-state index is 12.2. The van der Waals surface area contributed by atoms with Crippen molar-refractivity contribution in [2.45, 2.75) is 19.0 Å². The van der Waals surface area contributed by atoms with Gasteiger partial charge in [0.25, 0.3) is 0 Å². The fourth-order valence-corrected chi connectivity index (χ4v) is 2.65. The van der Waals surface area contributed by atoms with Gasteiger partial charge in [0.15, 0.2) is 0 Å². The van der Waals surface area contributed by atoms with Crippen molar-refractivity contribution in [2.24, 2.45) is 0 Å². The summed E-state index contributed by atoms with van der Waals surface area (Å²) in [5.74, 6) is -4.79. The van der Waals surface area contributed by atoms with E-state index in [0.717, 1.165) is 28.1 Å². The summed E-state index contributed by atoms with van der Waals surface area (Å²) in [7, 11) is 5.44. The highest BCUT2D eigenvalue weighted by molar-refractivity contribution is 5.91. The van der Waals surface area contributed by atoms with E-state index in [9.17, 15) is 31.1 Å². The van der Waals surface area contributed by atoms with E-state index >= 15 is 0 Å². The molecule has 0 radical (unpaired) electrons. The van der Waals surface area contributed by atoms with Gasteiger partial charge in [0.2, 0.25) is 0 Å². The van der Waals surface area contributed by atoms with Crippen LogP contribution in [0.4, 0.5) is 42.5 Å². The van der Waals surface area contributed by atoms with Crippen molar-refractivity contribution in [1.82, 2.24) is 10.2 Å². The number of methoxy groups -OCH3 is 1. The smallest absolute Gasteiger partial charge is 0.490 e. The summed E-state index contributed by atoms with van der Waals surface area (Å²) < 4.78 is 74.0. The molecular weight excluding hydrogens is 570 g/mol. The zero-order valence-electron chi connectivity index (χ0n) is 21.5. The lowest BCUT2D eigenvalue weighted by molar-refractivity contribution is -0.193. The number of amides is 1. The van der Waals surface area contributed by atoms with Gasteiger partial charge in [-0.2, -0.15) is 31.4 Å². The van der Waals surface area contributed by atoms with Gasteiger partial charge in [0.05, 0.1) is 24.7 Å². The van der Waals surface area contributed by atoms with E-state index in [1.807, 2.05) is 67.7 Å². The lowest BCUT2D eigenvalue weighted by atomic mass is 10.1. The molecule has 0 aliphatic heterocycles. The van der Waals surface area contributed by atoms with Crippen LogP contribution in [0.2, 0.25) is 0 Å². The molecule has 0 atom stereocenters. The molecule has 0 aliphatic rings. The summed E-state index contributed by atoms with van der Waals surface area (Å²) in [5, 5.41) is 23.8. The number of rotatable bonds is 6. The third-order valence-electron chi connectivity index (χ3n) is 4.54. The van der Waals surface area contributed by atoms with Gasteiger partial charge in [-0.3, -0.25) is 10.4 Å². The van der Waals surface area contributed by atoms with Gasteiger partial charge < -0.3 is 24.6 Å². The van der Waals surface area contributed by atoms with E-state index in [1.165, 1.54) is 0 Å². The van der Waals surface area contributed by atoms with Crippen molar-refractivity contribution in [3.8, 4) is 16.9 Å². The average Bonchev–Trinajstić information content (AvgIpc) is 3.42. The normalized spacial score (nSPS) is 10.7. The Morgan fingerprint density at radius 2 is 1.54 bits per heavy atom. The largest absolute Gasteiger partial charge is 0.497 e. The summed E-state index contributed by atoms with van der Waals surface area (Å²) in [6.45, 7) is 0.160. The van der Waals surface area contributed by atoms with Gasteiger partial charge in [-0.05, 0) is 35.4 Å². The molecule has 0 unspecified atom stereocenters. The Morgan fingerprint density at radius 1 is 0.951 bits per heavy atom. The summed E-state index contributed by atoms with van der Waals surface area (Å²) in [5.41, 5.74) is 4.37. The number of anilines is 2. The van der Waals surface area contributed by atoms with Gasteiger partial charge >= 0.3 is 30.4 Å². The monoisotopic (exact) mass is 594 g/mol. The lowest BCUT2D eigenvalue weighted by Gasteiger charge is -2.19. The van der Waals surface area contributed by atoms with Gasteiger partial charge in [0, 0.05) is 25.9 Å². The van der Waals surface area contributed by atoms with Crippen LogP contribution in [0, 0.1) is 0 Å². The van der Waals surface area contributed by atoms with Crippen LogP contribution in [0.3, 0.4) is 0 Å². The van der Waals surface area contributed by atoms with E-state index in [2.05, 4.69) is 15.5 Å². The molecule has 2 aromatic carbocycles. The molecule has 3 rings (SSSR count). The summed E-state index contributed by atoms with van der Waals surface area (Å²) in [4.78, 5) is 32.0. The Kier molecular flexibility index (Phi) is 12.5. The number of nitrogens with one attached hydrogen (secondary N) is 2. The van der Waals surface area contributed by atoms with Crippen LogP contribution in [0.5, 0.6) is 5.75 Å². The first-order valence-corrected chi connectivity index (χ1v) is 10.9. The molecule has 224 valence electrons. The molecule has 1 aromatic heterocycles. The number of ether oxygens (including phenoxy) is 2. The minimum Gasteiger partial charge on any atom is -0.497 e. The van der Waals surface area contributed by atoms with Crippen molar-refractivity contribution in [2.75, 3.05) is 31.4 Å². The van der Waals surface area contributed by atoms with E-state index in [0.29, 0.717) is 5.69 Å². The Morgan fingerprint density at radius 3 is 2.00 bits per heavy atom. The van der Waals surface area contributed by atoms with Crippen molar-refractivity contribution in [3.05, 3.63) is 60.4 Å². The number of benzene rings is 2. The maximum absolute atomic E-state index is 12.2. The topological polar surface area (TPSA) is 154 Å². The van der Waals surface area contributed by atoms with Crippen molar-refractivity contribution in [1.29, 1.82) is 0 Å². The molecule has 11 nitrogen and oxygen atoms in total. The first kappa shape index (κ1) is 34.1. The number of aromatic nitrogens is 2. The summed E-state index contributed by atoms with van der Waals surface area (Å²) >= 11 is 0. The number of hydrogen-bond acceptors (Lipinski definition) is 7. The number of H-pyrrole nitrogens is 1. The Balaban J connectivity index is 0.000000497. The van der Waals surface area contributed by atoms with Crippen LogP contribution in [-0.2, 0) is 20.9 Å². The van der Waals surface area contributed by atoms with Gasteiger partial charge in [-0.1, -0.05) is 18.2 Å². The molecule has 4 N–H and O–H groups in total. The van der Waals surface area contributed by atoms with Crippen molar-refractivity contribution in [3.63, 3.8) is 0 Å². The Labute approximate surface area is 228 Å². The summed E-state index contributed by atoms with van der Waals surface area (Å²) in [6.07, 6.45) is -7.11. The Hall–Kier alpha value is -4.96. The van der Waals surface area contributed by atoms with E-state index in [1.54, 1.807) is 13.3 Å². The minimum absolute atomic E-state index is 0.160. The highest BCUT2D eigenvalue weighted by atomic mass is 19.4. The van der Waals surface area contributed by atoms with E-state index in [4.69, 9.17) is 29.3 Å². The average molecular weight is 594 g/mol. The predicted molar refractivity (Wildman–Crippen MR) is 133 cm³/mol. The van der Waals surface area contributed by atoms with E-state index in [-0.39, 0.29) is 6.61 Å². The number of aromatic amines is 1. The van der Waals surface area contributed by atoms with Crippen LogP contribution < -0.4 is 15.0 Å². The third kappa shape index (κ3) is 12.2. The quantitative estimate of drug-likeness (QED) is 0.283. The second-order valence-corrected chi connectivity index (χ2v) is 7.77. The lowest BCUT2D eigenvalue weighted by Crippen LogP contribution is -2.21. The molecule has 0 spiro atoms. The second-order valence-electron chi connectivity index (χ2n) is 7.77. The molecule has 3 aromatic rings. The van der Waals surface area contributed by atoms with Crippen LogP contribution in [0.25, 0.3) is 11.1 Å². The number of halogens is 6. The van der Waals surface area contributed by atoms with E-state index < -0.39 is 30.4 Å². The number of carbonyl (C=O) groups excluding carboxylic acids is 1. The number of alkyl halides is 6. The van der Waals surface area contributed by atoms with Crippen LogP contribution in [0.15, 0.2) is 54.9 Å². The first-order chi connectivity index (χ1) is 18.9. The van der Waals surface area contributed by atoms with Gasteiger partial charge in [0.1, 0.15) is 12.4 Å². The first-order valence-electron chi connectivity index (χ1n) is 10.9. The number of carbonyl (C=O) groups is 3. The van der Waals surface area contributed by atoms with Crippen LogP contribution >= 0.6 is 0 Å². The second kappa shape index (κ2) is 15.0. The van der Waals surface area contributed by atoms with Crippen LogP contribution in [0.1, 0.15) is 5.56 Å². The molecule has 0 aliphatic carbocycles. The number of carboxylic acids is 2. The maximum Gasteiger partial charge on any atom is 0.490 e. The van der Waals surface area contributed by atoms with Crippen molar-refractivity contribution >= 4 is 29.4 Å². The highest BCUT2D eigenvalue weighted by Crippen LogP contribution is 2.30. The zero-order chi connectivity index (χ0) is 31.4. The highest BCUT2D eigenvalue weighted by Gasteiger charge is 2.38. The molecular formula is C24H24F6N4O7. The molecule has 0 fully saturated rings. The van der Waals surface area contributed by atoms with Gasteiger partial charge in [-0.15, -0.1) is 0 Å². The molecule has 1 amide bonds. The standard InChI is InChI=1S/C20H22N4O3.2C2HF3O2/c1-24(2)19-10-15(16-11-21-22-12-16)7-8-18(19)23-20(25)27-13-14-5-4-6-17(9-14)26-3;2*3-2(4,5)1(6)7/h4-12H,13H2,1-3H3,(H,21,22)(H,23,25);2*(H,6,7). The number of carboxylic acid groups (broad SMARTS) is 2. The molecule has 17 heteroatoms. The predicted octanol–water partition coefficient (Wildman–Crippen LogP) is 5.17. The van der Waals surface area contributed by atoms with Crippen LogP contribution in [-0.4, -0.2) is 72.0 Å². The zero-order valence-corrected chi connectivity index (χ0v) is 21.5. The Bertz CT molecular complexity index is 1270. The molecule has 41 heavy (non-hydrogen) atoms. The van der Waals surface area contributed by atoms with Gasteiger partial charge in [-0.25, -0.2) is 14.4 Å². The molecule has 1 heterocycles. The van der Waals surface area contributed by atoms with Crippen molar-refractivity contribution < 1.29 is 60.4 Å². The fraction of sp³-hybridized carbons (Fsp3) is 0.250. The SMILES string of the molecule is COc1cccc(COC(=O)Nc2ccc(-c3cn[nH]c3)cc2N(C)C)c1.O=C(O)C(F)(F)F.O=C(O)C(F)(F)F. The molecule has 0 bridgehead atoms. The minimum atomic E-state index is -5.08. The number of hydrogen-bond donors (Lipinski definition) is 4.